The number of ether oxygens (including phenoxy) is 1. The second kappa shape index (κ2) is 7.18. The molecule has 0 amide bonds. The Morgan fingerprint density at radius 1 is 1.00 bits per heavy atom. The molecule has 125 valence electrons. The fourth-order valence-electron chi connectivity index (χ4n) is 1.92. The van der Waals surface area contributed by atoms with Gasteiger partial charge in [0.15, 0.2) is 8.32 Å². The third kappa shape index (κ3) is 6.53. The Labute approximate surface area is 138 Å². The molecule has 1 rings (SSSR count). The molecule has 0 saturated heterocycles. The summed E-state index contributed by atoms with van der Waals surface area (Å²) in [6.45, 7) is 18.6. The molecule has 0 saturated carbocycles. The minimum atomic E-state index is -1.82. The van der Waals surface area contributed by atoms with Gasteiger partial charge in [-0.3, -0.25) is 0 Å². The first-order valence-corrected chi connectivity index (χ1v) is 11.0. The lowest BCUT2D eigenvalue weighted by molar-refractivity contribution is 0.121. The van der Waals surface area contributed by atoms with Crippen LogP contribution in [0, 0.1) is 11.8 Å². The van der Waals surface area contributed by atoms with E-state index < -0.39 is 8.32 Å². The van der Waals surface area contributed by atoms with Crippen molar-refractivity contribution < 1.29 is 9.16 Å². The Morgan fingerprint density at radius 2 is 1.55 bits per heavy atom. The van der Waals surface area contributed by atoms with Crippen molar-refractivity contribution in [1.82, 2.24) is 0 Å². The minimum Gasteiger partial charge on any atom is -0.491 e. The number of para-hydroxylation sites is 1. The highest BCUT2D eigenvalue weighted by atomic mass is 28.4. The SMILES string of the molecule is CC(C)(C)[CH][C@@H](COc1ccccc1)O[Si](C)(C)C(C)(C)C. The molecule has 2 nitrogen and oxygen atoms in total. The molecule has 1 aromatic carbocycles. The molecule has 1 aromatic rings. The maximum Gasteiger partial charge on any atom is 0.192 e. The normalized spacial score (nSPS) is 14.7. The molecule has 0 aromatic heterocycles. The average molecular weight is 322 g/mol. The molecule has 0 heterocycles. The van der Waals surface area contributed by atoms with Crippen molar-refractivity contribution in [2.24, 2.45) is 5.41 Å². The monoisotopic (exact) mass is 321 g/mol. The van der Waals surface area contributed by atoms with Crippen molar-refractivity contribution in [3.8, 4) is 5.75 Å². The molecular formula is C19H33O2Si. The lowest BCUT2D eigenvalue weighted by Gasteiger charge is -2.40. The topological polar surface area (TPSA) is 18.5 Å². The molecule has 0 unspecified atom stereocenters. The molecule has 0 bridgehead atoms. The zero-order chi connectivity index (χ0) is 17.0. The van der Waals surface area contributed by atoms with Crippen molar-refractivity contribution in [3.63, 3.8) is 0 Å². The summed E-state index contributed by atoms with van der Waals surface area (Å²) in [5.41, 5.74) is 0.104. The molecule has 0 aliphatic heterocycles. The van der Waals surface area contributed by atoms with Gasteiger partial charge in [0.05, 0.1) is 6.10 Å². The molecule has 0 fully saturated rings. The Morgan fingerprint density at radius 3 is 2.00 bits per heavy atom. The summed E-state index contributed by atoms with van der Waals surface area (Å²) in [5.74, 6) is 0.897. The van der Waals surface area contributed by atoms with E-state index in [0.29, 0.717) is 6.61 Å². The third-order valence-corrected chi connectivity index (χ3v) is 8.60. The second-order valence-corrected chi connectivity index (χ2v) is 13.3. The van der Waals surface area contributed by atoms with Crippen LogP contribution in [0.25, 0.3) is 0 Å². The molecule has 1 atom stereocenters. The second-order valence-electron chi connectivity index (χ2n) is 8.57. The molecule has 0 aliphatic rings. The van der Waals surface area contributed by atoms with Gasteiger partial charge >= 0.3 is 0 Å². The number of benzene rings is 1. The fraction of sp³-hybridized carbons (Fsp3) is 0.632. The highest BCUT2D eigenvalue weighted by Gasteiger charge is 2.40. The summed E-state index contributed by atoms with van der Waals surface area (Å²) in [6.07, 6.45) is 2.29. The lowest BCUT2D eigenvalue weighted by Crippen LogP contribution is -2.46. The average Bonchev–Trinajstić information content (AvgIpc) is 2.33. The van der Waals surface area contributed by atoms with E-state index >= 15 is 0 Å². The Kier molecular flexibility index (Phi) is 6.28. The van der Waals surface area contributed by atoms with Gasteiger partial charge in [0.1, 0.15) is 12.4 Å². The van der Waals surface area contributed by atoms with Crippen molar-refractivity contribution in [3.05, 3.63) is 36.8 Å². The largest absolute Gasteiger partial charge is 0.491 e. The summed E-state index contributed by atoms with van der Waals surface area (Å²) in [6, 6.07) is 9.96. The van der Waals surface area contributed by atoms with Crippen LogP contribution in [-0.2, 0) is 4.43 Å². The smallest absolute Gasteiger partial charge is 0.192 e. The predicted octanol–water partition coefficient (Wildman–Crippen LogP) is 5.71. The highest BCUT2D eigenvalue weighted by Crippen LogP contribution is 2.38. The van der Waals surface area contributed by atoms with E-state index in [4.69, 9.17) is 9.16 Å². The van der Waals surface area contributed by atoms with E-state index in [9.17, 15) is 0 Å². The summed E-state index contributed by atoms with van der Waals surface area (Å²) in [4.78, 5) is 0. The maximum atomic E-state index is 6.56. The predicted molar refractivity (Wildman–Crippen MR) is 97.8 cm³/mol. The maximum absolute atomic E-state index is 6.56. The zero-order valence-electron chi connectivity index (χ0n) is 15.6. The molecule has 0 spiro atoms. The fourth-order valence-corrected chi connectivity index (χ4v) is 3.17. The molecule has 0 N–H and O–H groups in total. The van der Waals surface area contributed by atoms with E-state index in [-0.39, 0.29) is 16.6 Å². The van der Waals surface area contributed by atoms with Gasteiger partial charge in [0.2, 0.25) is 0 Å². The van der Waals surface area contributed by atoms with Gasteiger partial charge in [-0.05, 0) is 42.1 Å². The quantitative estimate of drug-likeness (QED) is 0.625. The van der Waals surface area contributed by atoms with Gasteiger partial charge in [-0.25, -0.2) is 0 Å². The van der Waals surface area contributed by atoms with E-state index in [1.165, 1.54) is 0 Å². The summed E-state index contributed by atoms with van der Waals surface area (Å²) in [7, 11) is -1.82. The van der Waals surface area contributed by atoms with Crippen molar-refractivity contribution in [2.45, 2.75) is 65.8 Å². The van der Waals surface area contributed by atoms with E-state index in [2.05, 4.69) is 61.1 Å². The number of hydrogen-bond donors (Lipinski definition) is 0. The number of hydrogen-bond acceptors (Lipinski definition) is 2. The Balaban J connectivity index is 2.76. The third-order valence-electron chi connectivity index (χ3n) is 4.10. The van der Waals surface area contributed by atoms with Crippen molar-refractivity contribution >= 4 is 8.32 Å². The lowest BCUT2D eigenvalue weighted by atomic mass is 9.89. The Bertz CT molecular complexity index is 441. The summed E-state index contributed by atoms with van der Waals surface area (Å²) < 4.78 is 12.5. The molecule has 3 heteroatoms. The molecule has 22 heavy (non-hydrogen) atoms. The van der Waals surface area contributed by atoms with Crippen LogP contribution < -0.4 is 4.74 Å². The van der Waals surface area contributed by atoms with Crippen LogP contribution in [0.1, 0.15) is 41.5 Å². The molecule has 1 radical (unpaired) electrons. The Hall–Kier alpha value is -0.803. The van der Waals surface area contributed by atoms with Crippen LogP contribution in [0.4, 0.5) is 0 Å². The minimum absolute atomic E-state index is 0.0149. The van der Waals surface area contributed by atoms with Crippen LogP contribution in [0.2, 0.25) is 18.1 Å². The van der Waals surface area contributed by atoms with Crippen LogP contribution in [0.15, 0.2) is 30.3 Å². The van der Waals surface area contributed by atoms with Crippen molar-refractivity contribution in [1.29, 1.82) is 0 Å². The van der Waals surface area contributed by atoms with Gasteiger partial charge in [-0.1, -0.05) is 59.7 Å². The molecular weight excluding hydrogens is 288 g/mol. The van der Waals surface area contributed by atoms with E-state index in [1.807, 2.05) is 30.3 Å². The van der Waals surface area contributed by atoms with Gasteiger partial charge in [-0.2, -0.15) is 0 Å². The van der Waals surface area contributed by atoms with Gasteiger partial charge in [0, 0.05) is 0 Å². The first-order chi connectivity index (χ1) is 9.91. The van der Waals surface area contributed by atoms with Gasteiger partial charge in [0.25, 0.3) is 0 Å². The highest BCUT2D eigenvalue weighted by molar-refractivity contribution is 6.74. The standard InChI is InChI=1S/C19H33O2Si/c1-18(2,3)14-17(21-22(7,8)19(4,5)6)15-20-16-12-10-9-11-13-16/h9-14,17H,15H2,1-8H3/t17-/m0/s1. The van der Waals surface area contributed by atoms with Crippen LogP contribution in [-0.4, -0.2) is 21.0 Å². The number of rotatable bonds is 6. The first kappa shape index (κ1) is 19.2. The van der Waals surface area contributed by atoms with Crippen molar-refractivity contribution in [2.75, 3.05) is 6.61 Å². The summed E-state index contributed by atoms with van der Waals surface area (Å²) in [5, 5.41) is 0.198. The van der Waals surface area contributed by atoms with E-state index in [1.54, 1.807) is 0 Å². The summed E-state index contributed by atoms with van der Waals surface area (Å²) >= 11 is 0. The first-order valence-electron chi connectivity index (χ1n) is 8.12. The van der Waals surface area contributed by atoms with Crippen LogP contribution >= 0.6 is 0 Å². The van der Waals surface area contributed by atoms with E-state index in [0.717, 1.165) is 5.75 Å². The van der Waals surface area contributed by atoms with Gasteiger partial charge < -0.3 is 9.16 Å². The van der Waals surface area contributed by atoms with Gasteiger partial charge in [-0.15, -0.1) is 0 Å². The van der Waals surface area contributed by atoms with Crippen LogP contribution in [0.3, 0.4) is 0 Å². The van der Waals surface area contributed by atoms with Crippen LogP contribution in [0.5, 0.6) is 5.75 Å². The molecule has 0 aliphatic carbocycles. The zero-order valence-corrected chi connectivity index (χ0v) is 16.6.